The Morgan fingerprint density at radius 1 is 1.48 bits per heavy atom. The standard InChI is InChI=1S/C13H12F2N4O2/c1-8-13(21-12(20)18-8,5-19-7-16-6-17-19)10-3-2-9(14)4-11(10)15/h2-4,6-8H,5H2,1H3,(H,18,20)/t8-,13-/m0/s1. The minimum Gasteiger partial charge on any atom is -0.434 e. The van der Waals surface area contributed by atoms with Gasteiger partial charge in [0.2, 0.25) is 0 Å². The summed E-state index contributed by atoms with van der Waals surface area (Å²) in [5.74, 6) is -1.48. The van der Waals surface area contributed by atoms with Crippen molar-refractivity contribution in [1.29, 1.82) is 0 Å². The van der Waals surface area contributed by atoms with Crippen LogP contribution in [0.3, 0.4) is 0 Å². The van der Waals surface area contributed by atoms with Crippen LogP contribution < -0.4 is 5.32 Å². The predicted octanol–water partition coefficient (Wildman–Crippen LogP) is 1.58. The number of nitrogens with zero attached hydrogens (tertiary/aromatic N) is 3. The van der Waals surface area contributed by atoms with Gasteiger partial charge in [-0.15, -0.1) is 0 Å². The van der Waals surface area contributed by atoms with Gasteiger partial charge in [0.05, 0.1) is 12.6 Å². The Morgan fingerprint density at radius 3 is 2.86 bits per heavy atom. The molecule has 0 bridgehead atoms. The molecule has 3 rings (SSSR count). The molecule has 1 aliphatic heterocycles. The van der Waals surface area contributed by atoms with Crippen LogP contribution in [0.15, 0.2) is 30.9 Å². The van der Waals surface area contributed by atoms with Gasteiger partial charge in [0.15, 0.2) is 5.60 Å². The number of hydrogen-bond donors (Lipinski definition) is 1. The largest absolute Gasteiger partial charge is 0.434 e. The van der Waals surface area contributed by atoms with Crippen LogP contribution in [0, 0.1) is 11.6 Å². The quantitative estimate of drug-likeness (QED) is 0.933. The monoisotopic (exact) mass is 294 g/mol. The molecule has 0 radical (unpaired) electrons. The summed E-state index contributed by atoms with van der Waals surface area (Å²) in [6, 6.07) is 2.64. The highest BCUT2D eigenvalue weighted by Crippen LogP contribution is 2.37. The SMILES string of the molecule is C[C@@H]1NC(=O)O[C@]1(Cn1cncn1)c1ccc(F)cc1F. The lowest BCUT2D eigenvalue weighted by atomic mass is 9.87. The molecule has 6 nitrogen and oxygen atoms in total. The summed E-state index contributed by atoms with van der Waals surface area (Å²) in [7, 11) is 0. The fraction of sp³-hybridized carbons (Fsp3) is 0.308. The molecule has 8 heteroatoms. The van der Waals surface area contributed by atoms with Gasteiger partial charge in [0.1, 0.15) is 24.3 Å². The lowest BCUT2D eigenvalue weighted by Gasteiger charge is -2.31. The zero-order valence-electron chi connectivity index (χ0n) is 11.1. The first-order chi connectivity index (χ1) is 10.0. The number of carbonyl (C=O) groups excluding carboxylic acids is 1. The topological polar surface area (TPSA) is 69.0 Å². The van der Waals surface area contributed by atoms with E-state index in [1.807, 2.05) is 0 Å². The Kier molecular flexibility index (Phi) is 3.08. The zero-order chi connectivity index (χ0) is 15.0. The van der Waals surface area contributed by atoms with Gasteiger partial charge in [-0.2, -0.15) is 5.10 Å². The summed E-state index contributed by atoms with van der Waals surface area (Å²) < 4.78 is 34.1. The smallest absolute Gasteiger partial charge is 0.408 e. The van der Waals surface area contributed by atoms with E-state index in [4.69, 9.17) is 4.74 Å². The van der Waals surface area contributed by atoms with Gasteiger partial charge < -0.3 is 10.1 Å². The van der Waals surface area contributed by atoms with Gasteiger partial charge in [0.25, 0.3) is 0 Å². The summed E-state index contributed by atoms with van der Waals surface area (Å²) >= 11 is 0. The highest BCUT2D eigenvalue weighted by molar-refractivity contribution is 5.71. The van der Waals surface area contributed by atoms with Gasteiger partial charge in [0, 0.05) is 11.6 Å². The second kappa shape index (κ2) is 4.80. The second-order valence-corrected chi connectivity index (χ2v) is 4.86. The molecule has 1 saturated heterocycles. The number of benzene rings is 1. The van der Waals surface area contributed by atoms with Gasteiger partial charge in [-0.25, -0.2) is 23.2 Å². The van der Waals surface area contributed by atoms with E-state index < -0.39 is 29.4 Å². The minimum absolute atomic E-state index is 0.0649. The van der Waals surface area contributed by atoms with E-state index >= 15 is 0 Å². The molecule has 0 aliphatic carbocycles. The first-order valence-corrected chi connectivity index (χ1v) is 6.29. The van der Waals surface area contributed by atoms with E-state index in [0.717, 1.165) is 12.1 Å². The molecule has 1 amide bonds. The van der Waals surface area contributed by atoms with Crippen molar-refractivity contribution in [3.8, 4) is 0 Å². The van der Waals surface area contributed by atoms with E-state index in [1.165, 1.54) is 23.4 Å². The number of nitrogens with one attached hydrogen (secondary N) is 1. The van der Waals surface area contributed by atoms with Crippen molar-refractivity contribution in [3.05, 3.63) is 48.1 Å². The van der Waals surface area contributed by atoms with Crippen LogP contribution in [0.4, 0.5) is 13.6 Å². The molecule has 0 spiro atoms. The highest BCUT2D eigenvalue weighted by Gasteiger charge is 2.50. The number of hydrogen-bond acceptors (Lipinski definition) is 4. The normalized spacial score (nSPS) is 24.7. The Morgan fingerprint density at radius 2 is 2.29 bits per heavy atom. The Balaban J connectivity index is 2.10. The fourth-order valence-electron chi connectivity index (χ4n) is 2.51. The van der Waals surface area contributed by atoms with Crippen LogP contribution in [0.5, 0.6) is 0 Å². The van der Waals surface area contributed by atoms with Gasteiger partial charge in [-0.3, -0.25) is 0 Å². The molecule has 110 valence electrons. The summed E-state index contributed by atoms with van der Waals surface area (Å²) in [5, 5.41) is 6.52. The average molecular weight is 294 g/mol. The third kappa shape index (κ3) is 2.22. The second-order valence-electron chi connectivity index (χ2n) is 4.86. The van der Waals surface area contributed by atoms with Crippen molar-refractivity contribution in [1.82, 2.24) is 20.1 Å². The number of halogens is 2. The first-order valence-electron chi connectivity index (χ1n) is 6.29. The zero-order valence-corrected chi connectivity index (χ0v) is 11.1. The third-order valence-electron chi connectivity index (χ3n) is 3.56. The Hall–Kier alpha value is -2.51. The summed E-state index contributed by atoms with van der Waals surface area (Å²) in [6.45, 7) is 1.75. The van der Waals surface area contributed by atoms with E-state index in [-0.39, 0.29) is 12.1 Å². The van der Waals surface area contributed by atoms with Crippen molar-refractivity contribution in [3.63, 3.8) is 0 Å². The number of cyclic esters (lactones) is 1. The van der Waals surface area contributed by atoms with Crippen LogP contribution in [0.1, 0.15) is 12.5 Å². The maximum atomic E-state index is 14.2. The number of rotatable bonds is 3. The molecule has 0 unspecified atom stereocenters. The molecule has 2 aromatic rings. The van der Waals surface area contributed by atoms with Crippen molar-refractivity contribution >= 4 is 6.09 Å². The van der Waals surface area contributed by atoms with Crippen molar-refractivity contribution in [2.24, 2.45) is 0 Å². The summed E-state index contributed by atoms with van der Waals surface area (Å²) in [5.41, 5.74) is -1.23. The van der Waals surface area contributed by atoms with Crippen molar-refractivity contribution in [2.75, 3.05) is 0 Å². The molecule has 1 aromatic carbocycles. The van der Waals surface area contributed by atoms with Gasteiger partial charge in [-0.05, 0) is 19.1 Å². The van der Waals surface area contributed by atoms with Crippen LogP contribution in [0.2, 0.25) is 0 Å². The molecule has 1 fully saturated rings. The number of carbonyl (C=O) groups is 1. The lowest BCUT2D eigenvalue weighted by molar-refractivity contribution is 0.0146. The molecular weight excluding hydrogens is 282 g/mol. The third-order valence-corrected chi connectivity index (χ3v) is 3.56. The molecule has 1 aliphatic rings. The number of aromatic nitrogens is 3. The maximum absolute atomic E-state index is 14.2. The van der Waals surface area contributed by atoms with Crippen molar-refractivity contribution < 1.29 is 18.3 Å². The van der Waals surface area contributed by atoms with E-state index in [2.05, 4.69) is 15.4 Å². The molecule has 0 saturated carbocycles. The lowest BCUT2D eigenvalue weighted by Crippen LogP contribution is -2.43. The highest BCUT2D eigenvalue weighted by atomic mass is 19.1. The van der Waals surface area contributed by atoms with Crippen LogP contribution >= 0.6 is 0 Å². The van der Waals surface area contributed by atoms with E-state index in [9.17, 15) is 13.6 Å². The summed E-state index contributed by atoms with van der Waals surface area (Å²) in [4.78, 5) is 15.4. The molecule has 21 heavy (non-hydrogen) atoms. The molecule has 2 heterocycles. The number of ether oxygens (including phenoxy) is 1. The Bertz CT molecular complexity index is 677. The van der Waals surface area contributed by atoms with Crippen LogP contribution in [-0.4, -0.2) is 26.9 Å². The molecule has 1 N–H and O–H groups in total. The molecular formula is C13H12F2N4O2. The predicted molar refractivity (Wildman–Crippen MR) is 67.1 cm³/mol. The fourth-order valence-corrected chi connectivity index (χ4v) is 2.51. The van der Waals surface area contributed by atoms with Crippen molar-refractivity contribution in [2.45, 2.75) is 25.1 Å². The van der Waals surface area contributed by atoms with Crippen LogP contribution in [-0.2, 0) is 16.9 Å². The molecule has 1 aromatic heterocycles. The van der Waals surface area contributed by atoms with E-state index in [1.54, 1.807) is 6.92 Å². The number of alkyl carbamates (subject to hydrolysis) is 1. The van der Waals surface area contributed by atoms with E-state index in [0.29, 0.717) is 0 Å². The first kappa shape index (κ1) is 13.5. The maximum Gasteiger partial charge on any atom is 0.408 e. The molecule has 2 atom stereocenters. The average Bonchev–Trinajstić information content (AvgIpc) is 2.99. The Labute approximate surface area is 118 Å². The van der Waals surface area contributed by atoms with Gasteiger partial charge >= 0.3 is 6.09 Å². The van der Waals surface area contributed by atoms with Crippen LogP contribution in [0.25, 0.3) is 0 Å². The minimum atomic E-state index is -1.32. The van der Waals surface area contributed by atoms with Gasteiger partial charge in [-0.1, -0.05) is 0 Å². The number of amides is 1. The summed E-state index contributed by atoms with van der Waals surface area (Å²) in [6.07, 6.45) is 2.09.